The number of H-pyrrole nitrogens is 2. The summed E-state index contributed by atoms with van der Waals surface area (Å²) < 4.78 is 0. The number of benzene rings is 4. The van der Waals surface area contributed by atoms with Crippen LogP contribution in [0.3, 0.4) is 0 Å². The van der Waals surface area contributed by atoms with E-state index in [1.165, 1.54) is 0 Å². The molecule has 174 valence electrons. The van der Waals surface area contributed by atoms with Crippen LogP contribution in [0, 0.1) is 6.92 Å². The molecule has 4 aromatic carbocycles. The molecule has 2 aromatic heterocycles. The summed E-state index contributed by atoms with van der Waals surface area (Å²) in [6, 6.07) is 35.0. The number of amides is 1. The fourth-order valence-electron chi connectivity index (χ4n) is 6.05. The Bertz CT molecular complexity index is 1760. The minimum atomic E-state index is -1.01. The van der Waals surface area contributed by atoms with E-state index in [1.54, 1.807) is 0 Å². The standard InChI is InChI=1S/C32H25N3O/c1-21-23-13-5-9-17-28(23)34-30(21)32(26-19-33-27-16-8-6-14-24(26)27)25-15-7-10-18-29(25)35(31(32)36)20-22-11-3-2-4-12-22/h2-19,33-34H,20H2,1H3. The highest BCUT2D eigenvalue weighted by atomic mass is 16.2. The number of carbonyl (C=O) groups is 1. The van der Waals surface area contributed by atoms with Gasteiger partial charge in [0, 0.05) is 50.5 Å². The molecule has 6 aromatic rings. The molecule has 0 saturated carbocycles. The second-order valence-electron chi connectivity index (χ2n) is 9.56. The van der Waals surface area contributed by atoms with Gasteiger partial charge in [-0.05, 0) is 36.2 Å². The van der Waals surface area contributed by atoms with E-state index >= 15 is 0 Å². The van der Waals surface area contributed by atoms with Crippen molar-refractivity contribution >= 4 is 33.4 Å². The molecule has 1 aliphatic rings. The van der Waals surface area contributed by atoms with Gasteiger partial charge < -0.3 is 14.9 Å². The van der Waals surface area contributed by atoms with Gasteiger partial charge in [-0.3, -0.25) is 4.79 Å². The first-order chi connectivity index (χ1) is 17.7. The Kier molecular flexibility index (Phi) is 4.45. The summed E-state index contributed by atoms with van der Waals surface area (Å²) in [6.07, 6.45) is 2.02. The van der Waals surface area contributed by atoms with Gasteiger partial charge >= 0.3 is 0 Å². The molecule has 0 fully saturated rings. The molecule has 0 bridgehead atoms. The Labute approximate surface area is 209 Å². The lowest BCUT2D eigenvalue weighted by atomic mass is 9.71. The molecular formula is C32H25N3O. The maximum absolute atomic E-state index is 15.0. The third-order valence-electron chi connectivity index (χ3n) is 7.68. The number of anilines is 1. The summed E-state index contributed by atoms with van der Waals surface area (Å²) >= 11 is 0. The van der Waals surface area contributed by atoms with Crippen LogP contribution in [0.1, 0.15) is 27.9 Å². The number of aryl methyl sites for hydroxylation is 1. The molecule has 36 heavy (non-hydrogen) atoms. The lowest BCUT2D eigenvalue weighted by Gasteiger charge is -2.29. The van der Waals surface area contributed by atoms with Crippen LogP contribution < -0.4 is 4.90 Å². The molecule has 0 spiro atoms. The molecule has 1 aliphatic heterocycles. The normalized spacial score (nSPS) is 17.2. The van der Waals surface area contributed by atoms with Crippen molar-refractivity contribution in [3.8, 4) is 0 Å². The van der Waals surface area contributed by atoms with Crippen LogP contribution in [-0.2, 0) is 16.8 Å². The van der Waals surface area contributed by atoms with Gasteiger partial charge in [0.05, 0.1) is 6.54 Å². The van der Waals surface area contributed by atoms with Gasteiger partial charge in [0.15, 0.2) is 0 Å². The van der Waals surface area contributed by atoms with Crippen LogP contribution in [0.5, 0.6) is 0 Å². The molecule has 3 heterocycles. The zero-order valence-corrected chi connectivity index (χ0v) is 20.0. The highest BCUT2D eigenvalue weighted by molar-refractivity contribution is 6.15. The average molecular weight is 468 g/mol. The lowest BCUT2D eigenvalue weighted by molar-refractivity contribution is -0.120. The van der Waals surface area contributed by atoms with Gasteiger partial charge in [-0.15, -0.1) is 0 Å². The quantitative estimate of drug-likeness (QED) is 0.293. The van der Waals surface area contributed by atoms with Crippen molar-refractivity contribution in [2.45, 2.75) is 18.9 Å². The molecule has 0 radical (unpaired) electrons. The predicted octanol–water partition coefficient (Wildman–Crippen LogP) is 6.84. The summed E-state index contributed by atoms with van der Waals surface area (Å²) in [7, 11) is 0. The van der Waals surface area contributed by atoms with Crippen molar-refractivity contribution in [2.75, 3.05) is 4.90 Å². The van der Waals surface area contributed by atoms with Crippen molar-refractivity contribution < 1.29 is 4.79 Å². The van der Waals surface area contributed by atoms with Crippen molar-refractivity contribution in [1.29, 1.82) is 0 Å². The molecule has 1 atom stereocenters. The lowest BCUT2D eigenvalue weighted by Crippen LogP contribution is -2.42. The zero-order valence-electron chi connectivity index (χ0n) is 20.0. The topological polar surface area (TPSA) is 51.9 Å². The van der Waals surface area contributed by atoms with E-state index in [2.05, 4.69) is 71.5 Å². The number of hydrogen-bond donors (Lipinski definition) is 2. The number of hydrogen-bond acceptors (Lipinski definition) is 1. The van der Waals surface area contributed by atoms with Crippen molar-refractivity contribution in [3.05, 3.63) is 137 Å². The molecule has 7 rings (SSSR count). The molecular weight excluding hydrogens is 442 g/mol. The summed E-state index contributed by atoms with van der Waals surface area (Å²) in [6.45, 7) is 2.64. The Balaban J connectivity index is 1.58. The van der Waals surface area contributed by atoms with Crippen LogP contribution in [0.15, 0.2) is 109 Å². The van der Waals surface area contributed by atoms with E-state index < -0.39 is 5.41 Å². The molecule has 2 N–H and O–H groups in total. The first-order valence-electron chi connectivity index (χ1n) is 12.3. The van der Waals surface area contributed by atoms with Crippen molar-refractivity contribution in [2.24, 2.45) is 0 Å². The second kappa shape index (κ2) is 7.72. The number of aromatic amines is 2. The predicted molar refractivity (Wildman–Crippen MR) is 145 cm³/mol. The monoisotopic (exact) mass is 467 g/mol. The third-order valence-corrected chi connectivity index (χ3v) is 7.68. The van der Waals surface area contributed by atoms with E-state index in [-0.39, 0.29) is 5.91 Å². The van der Waals surface area contributed by atoms with Gasteiger partial charge in [0.25, 0.3) is 0 Å². The Morgan fingerprint density at radius 1 is 0.722 bits per heavy atom. The van der Waals surface area contributed by atoms with Crippen LogP contribution in [0.25, 0.3) is 21.8 Å². The summed E-state index contributed by atoms with van der Waals surface area (Å²) in [5, 5.41) is 2.19. The van der Waals surface area contributed by atoms with Gasteiger partial charge in [-0.25, -0.2) is 0 Å². The first-order valence-corrected chi connectivity index (χ1v) is 12.3. The minimum absolute atomic E-state index is 0.0620. The summed E-state index contributed by atoms with van der Waals surface area (Å²) in [5.41, 5.74) is 7.11. The largest absolute Gasteiger partial charge is 0.361 e. The number of fused-ring (bicyclic) bond motifs is 3. The van der Waals surface area contributed by atoms with Gasteiger partial charge in [-0.1, -0.05) is 84.9 Å². The second-order valence-corrected chi connectivity index (χ2v) is 9.56. The van der Waals surface area contributed by atoms with Crippen LogP contribution in [0.4, 0.5) is 5.69 Å². The van der Waals surface area contributed by atoms with E-state index in [0.29, 0.717) is 6.54 Å². The van der Waals surface area contributed by atoms with Crippen LogP contribution >= 0.6 is 0 Å². The van der Waals surface area contributed by atoms with Crippen molar-refractivity contribution in [3.63, 3.8) is 0 Å². The first kappa shape index (κ1) is 20.8. The highest BCUT2D eigenvalue weighted by Crippen LogP contribution is 2.53. The SMILES string of the molecule is Cc1c(C2(c3c[nH]c4ccccc34)C(=O)N(Cc3ccccc3)c3ccccc32)[nH]c2ccccc12. The van der Waals surface area contributed by atoms with Crippen molar-refractivity contribution in [1.82, 2.24) is 9.97 Å². The van der Waals surface area contributed by atoms with E-state index in [0.717, 1.165) is 55.4 Å². The minimum Gasteiger partial charge on any atom is -0.361 e. The smallest absolute Gasteiger partial charge is 0.248 e. The average Bonchev–Trinajstić information content (AvgIpc) is 3.57. The number of nitrogens with one attached hydrogen (secondary N) is 2. The Hall–Kier alpha value is -4.57. The van der Waals surface area contributed by atoms with Crippen LogP contribution in [0.2, 0.25) is 0 Å². The molecule has 1 unspecified atom stereocenters. The number of nitrogens with zero attached hydrogens (tertiary/aromatic N) is 1. The number of rotatable bonds is 4. The maximum atomic E-state index is 15.0. The van der Waals surface area contributed by atoms with Gasteiger partial charge in [-0.2, -0.15) is 0 Å². The fraction of sp³-hybridized carbons (Fsp3) is 0.0938. The zero-order chi connectivity index (χ0) is 24.3. The van der Waals surface area contributed by atoms with E-state index in [4.69, 9.17) is 0 Å². The summed E-state index contributed by atoms with van der Waals surface area (Å²) in [4.78, 5) is 24.0. The number of aromatic nitrogens is 2. The third kappa shape index (κ3) is 2.73. The molecule has 4 heteroatoms. The van der Waals surface area contributed by atoms with E-state index in [9.17, 15) is 4.79 Å². The number of carbonyl (C=O) groups excluding carboxylic acids is 1. The molecule has 4 nitrogen and oxygen atoms in total. The summed E-state index contributed by atoms with van der Waals surface area (Å²) in [5.74, 6) is 0.0620. The Morgan fingerprint density at radius 2 is 1.39 bits per heavy atom. The van der Waals surface area contributed by atoms with Crippen LogP contribution in [-0.4, -0.2) is 15.9 Å². The highest BCUT2D eigenvalue weighted by Gasteiger charge is 2.56. The molecule has 1 amide bonds. The van der Waals surface area contributed by atoms with Gasteiger partial charge in [0.1, 0.15) is 5.41 Å². The van der Waals surface area contributed by atoms with E-state index in [1.807, 2.05) is 59.6 Å². The number of para-hydroxylation sites is 3. The Morgan fingerprint density at radius 3 is 2.19 bits per heavy atom. The maximum Gasteiger partial charge on any atom is 0.248 e. The fourth-order valence-corrected chi connectivity index (χ4v) is 6.05. The molecule has 0 saturated heterocycles. The van der Waals surface area contributed by atoms with Gasteiger partial charge in [0.2, 0.25) is 5.91 Å². The molecule has 0 aliphatic carbocycles.